The van der Waals surface area contributed by atoms with Gasteiger partial charge in [0.25, 0.3) is 11.8 Å². The van der Waals surface area contributed by atoms with Gasteiger partial charge in [0, 0.05) is 31.3 Å². The molecule has 2 amide bonds. The number of H-pyrrole nitrogens is 1. The van der Waals surface area contributed by atoms with Crippen LogP contribution in [0.5, 0.6) is 0 Å². The average molecular weight is 434 g/mol. The Labute approximate surface area is 184 Å². The van der Waals surface area contributed by atoms with E-state index in [1.54, 1.807) is 36.3 Å². The average Bonchev–Trinajstić information content (AvgIpc) is 3.45. The van der Waals surface area contributed by atoms with Crippen molar-refractivity contribution < 1.29 is 18.7 Å². The molecule has 2 aromatic carbocycles. The summed E-state index contributed by atoms with van der Waals surface area (Å²) in [5.41, 5.74) is 1.06. The Morgan fingerprint density at radius 3 is 2.41 bits per heavy atom. The van der Waals surface area contributed by atoms with Gasteiger partial charge in [-0.1, -0.05) is 18.2 Å². The van der Waals surface area contributed by atoms with E-state index >= 15 is 0 Å². The lowest BCUT2D eigenvalue weighted by Crippen LogP contribution is -2.77. The van der Waals surface area contributed by atoms with Crippen molar-refractivity contribution in [3.05, 3.63) is 77.7 Å². The van der Waals surface area contributed by atoms with Crippen LogP contribution in [-0.4, -0.2) is 58.3 Å². The molecule has 1 saturated carbocycles. The van der Waals surface area contributed by atoms with E-state index in [4.69, 9.17) is 4.74 Å². The summed E-state index contributed by atoms with van der Waals surface area (Å²) in [7, 11) is 1.65. The molecule has 2 fully saturated rings. The highest BCUT2D eigenvalue weighted by molar-refractivity contribution is 6.01. The van der Waals surface area contributed by atoms with Crippen LogP contribution in [0.1, 0.15) is 33.6 Å². The van der Waals surface area contributed by atoms with Crippen LogP contribution in [0, 0.1) is 5.82 Å². The van der Waals surface area contributed by atoms with Crippen LogP contribution in [0.3, 0.4) is 0 Å². The molecule has 0 radical (unpaired) electrons. The van der Waals surface area contributed by atoms with Gasteiger partial charge in [-0.2, -0.15) is 5.10 Å². The topological polar surface area (TPSA) is 87.3 Å². The van der Waals surface area contributed by atoms with Crippen LogP contribution in [0.25, 0.3) is 11.3 Å². The van der Waals surface area contributed by atoms with Gasteiger partial charge in [0.15, 0.2) is 0 Å². The first kappa shape index (κ1) is 20.4. The molecule has 1 saturated heterocycles. The van der Waals surface area contributed by atoms with Gasteiger partial charge in [0.2, 0.25) is 0 Å². The Kier molecular flexibility index (Phi) is 4.82. The second kappa shape index (κ2) is 7.56. The molecule has 0 atom stereocenters. The van der Waals surface area contributed by atoms with E-state index < -0.39 is 11.1 Å². The second-order valence-electron chi connectivity index (χ2n) is 8.43. The molecule has 2 N–H and O–H groups in total. The van der Waals surface area contributed by atoms with Crippen molar-refractivity contribution in [1.29, 1.82) is 0 Å². The monoisotopic (exact) mass is 434 g/mol. The van der Waals surface area contributed by atoms with Crippen LogP contribution >= 0.6 is 0 Å². The highest BCUT2D eigenvalue weighted by Gasteiger charge is 2.66. The number of ether oxygens (including phenoxy) is 1. The summed E-state index contributed by atoms with van der Waals surface area (Å²) in [4.78, 5) is 27.8. The number of aromatic nitrogens is 2. The standard InChI is InChI=1S/C24H23FN4O3/c1-32-24(11-12-24)23(27-21(30)17-5-3-2-4-6-17)14-29(15-23)22(31)19-13-26-28-20(19)16-7-9-18(25)10-8-16/h2-10,13H,11-12,14-15H2,1H3,(H,26,28)(H,27,30). The Morgan fingerprint density at radius 2 is 1.78 bits per heavy atom. The fourth-order valence-electron chi connectivity index (χ4n) is 4.56. The fraction of sp³-hybridized carbons (Fsp3) is 0.292. The van der Waals surface area contributed by atoms with Crippen LogP contribution in [-0.2, 0) is 4.74 Å². The van der Waals surface area contributed by atoms with Crippen molar-refractivity contribution in [2.75, 3.05) is 20.2 Å². The zero-order valence-electron chi connectivity index (χ0n) is 17.6. The third kappa shape index (κ3) is 3.27. The summed E-state index contributed by atoms with van der Waals surface area (Å²) >= 11 is 0. The van der Waals surface area contributed by atoms with Gasteiger partial charge in [-0.3, -0.25) is 14.7 Å². The van der Waals surface area contributed by atoms with Crippen molar-refractivity contribution in [3.63, 3.8) is 0 Å². The number of carbonyl (C=O) groups is 2. The highest BCUT2D eigenvalue weighted by Crippen LogP contribution is 2.52. The summed E-state index contributed by atoms with van der Waals surface area (Å²) in [6.07, 6.45) is 3.13. The maximum absolute atomic E-state index is 13.3. The zero-order chi connectivity index (χ0) is 22.3. The minimum absolute atomic E-state index is 0.184. The van der Waals surface area contributed by atoms with E-state index in [9.17, 15) is 14.0 Å². The number of carbonyl (C=O) groups excluding carboxylic acids is 2. The number of nitrogens with one attached hydrogen (secondary N) is 2. The van der Waals surface area contributed by atoms with Crippen LogP contribution in [0.4, 0.5) is 4.39 Å². The Morgan fingerprint density at radius 1 is 1.09 bits per heavy atom. The molecular weight excluding hydrogens is 411 g/mol. The lowest BCUT2D eigenvalue weighted by atomic mass is 9.80. The number of hydrogen-bond acceptors (Lipinski definition) is 4. The summed E-state index contributed by atoms with van der Waals surface area (Å²) in [6, 6.07) is 14.9. The Bertz CT molecular complexity index is 1150. The summed E-state index contributed by atoms with van der Waals surface area (Å²) in [6.45, 7) is 0.679. The molecule has 7 nitrogen and oxygen atoms in total. The number of likely N-dealkylation sites (tertiary alicyclic amines) is 1. The van der Waals surface area contributed by atoms with Crippen molar-refractivity contribution in [1.82, 2.24) is 20.4 Å². The predicted molar refractivity (Wildman–Crippen MR) is 115 cm³/mol. The first-order chi connectivity index (χ1) is 15.5. The number of benzene rings is 2. The van der Waals surface area contributed by atoms with Gasteiger partial charge in [-0.15, -0.1) is 0 Å². The number of amides is 2. The Hall–Kier alpha value is -3.52. The molecule has 2 aliphatic rings. The van der Waals surface area contributed by atoms with Crippen LogP contribution < -0.4 is 5.32 Å². The largest absolute Gasteiger partial charge is 0.376 e. The molecule has 0 bridgehead atoms. The van der Waals surface area contributed by atoms with Crippen molar-refractivity contribution in [3.8, 4) is 11.3 Å². The lowest BCUT2D eigenvalue weighted by Gasteiger charge is -2.54. The van der Waals surface area contributed by atoms with Crippen molar-refractivity contribution in [2.45, 2.75) is 24.0 Å². The molecule has 5 rings (SSSR count). The number of methoxy groups -OCH3 is 1. The number of rotatable bonds is 6. The predicted octanol–water partition coefficient (Wildman–Crippen LogP) is 3.02. The normalized spacial score (nSPS) is 18.0. The molecule has 8 heteroatoms. The summed E-state index contributed by atoms with van der Waals surface area (Å²) < 4.78 is 19.1. The number of hydrogen-bond donors (Lipinski definition) is 2. The summed E-state index contributed by atoms with van der Waals surface area (Å²) in [5.74, 6) is -0.733. The van der Waals surface area contributed by atoms with Gasteiger partial charge >= 0.3 is 0 Å². The molecule has 0 unspecified atom stereocenters. The van der Waals surface area contributed by atoms with Crippen molar-refractivity contribution >= 4 is 11.8 Å². The maximum Gasteiger partial charge on any atom is 0.257 e. The fourth-order valence-corrected chi connectivity index (χ4v) is 4.56. The van der Waals surface area contributed by atoms with Crippen LogP contribution in [0.15, 0.2) is 60.8 Å². The third-order valence-electron chi connectivity index (χ3n) is 6.57. The number of halogens is 1. The first-order valence-corrected chi connectivity index (χ1v) is 10.5. The number of aromatic amines is 1. The quantitative estimate of drug-likeness (QED) is 0.624. The Balaban J connectivity index is 1.37. The molecule has 2 heterocycles. The molecular formula is C24H23FN4O3. The van der Waals surface area contributed by atoms with E-state index in [2.05, 4.69) is 15.5 Å². The van der Waals surface area contributed by atoms with E-state index in [1.807, 2.05) is 18.2 Å². The minimum Gasteiger partial charge on any atom is -0.376 e. The van der Waals surface area contributed by atoms with Crippen LogP contribution in [0.2, 0.25) is 0 Å². The lowest BCUT2D eigenvalue weighted by molar-refractivity contribution is -0.0708. The SMILES string of the molecule is COC1(C2(NC(=O)c3ccccc3)CN(C(=O)c3cn[nH]c3-c3ccc(F)cc3)C2)CC1. The summed E-state index contributed by atoms with van der Waals surface area (Å²) in [5, 5.41) is 10.0. The molecule has 3 aromatic rings. The van der Waals surface area contributed by atoms with Gasteiger partial charge in [0.05, 0.1) is 23.1 Å². The van der Waals surface area contributed by atoms with Gasteiger partial charge in [-0.25, -0.2) is 4.39 Å². The highest BCUT2D eigenvalue weighted by atomic mass is 19.1. The maximum atomic E-state index is 13.3. The number of nitrogens with zero attached hydrogens (tertiary/aromatic N) is 2. The molecule has 164 valence electrons. The smallest absolute Gasteiger partial charge is 0.257 e. The molecule has 1 aliphatic carbocycles. The van der Waals surface area contributed by atoms with E-state index in [0.717, 1.165) is 12.8 Å². The van der Waals surface area contributed by atoms with Gasteiger partial charge in [-0.05, 0) is 49.2 Å². The second-order valence-corrected chi connectivity index (χ2v) is 8.43. The first-order valence-electron chi connectivity index (χ1n) is 10.5. The van der Waals surface area contributed by atoms with Gasteiger partial charge in [0.1, 0.15) is 11.4 Å². The molecule has 0 spiro atoms. The third-order valence-corrected chi connectivity index (χ3v) is 6.57. The molecule has 1 aliphatic heterocycles. The van der Waals surface area contributed by atoms with Crippen molar-refractivity contribution in [2.24, 2.45) is 0 Å². The zero-order valence-corrected chi connectivity index (χ0v) is 17.6. The molecule has 1 aromatic heterocycles. The molecule has 32 heavy (non-hydrogen) atoms. The van der Waals surface area contributed by atoms with E-state index in [0.29, 0.717) is 35.5 Å². The van der Waals surface area contributed by atoms with E-state index in [-0.39, 0.29) is 17.6 Å². The van der Waals surface area contributed by atoms with E-state index in [1.165, 1.54) is 18.3 Å². The minimum atomic E-state index is -0.649. The van der Waals surface area contributed by atoms with Gasteiger partial charge < -0.3 is 15.0 Å².